The van der Waals surface area contributed by atoms with Gasteiger partial charge < -0.3 is 16.0 Å². The van der Waals surface area contributed by atoms with Gasteiger partial charge in [0.1, 0.15) is 0 Å². The van der Waals surface area contributed by atoms with Gasteiger partial charge in [-0.1, -0.05) is 18.2 Å². The Morgan fingerprint density at radius 1 is 1.31 bits per heavy atom. The van der Waals surface area contributed by atoms with Gasteiger partial charge in [0.25, 0.3) is 0 Å². The number of fused-ring (bicyclic) bond motifs is 3. The van der Waals surface area contributed by atoms with Crippen molar-refractivity contribution in [1.82, 2.24) is 10.3 Å². The molecule has 0 radical (unpaired) electrons. The Morgan fingerprint density at radius 2 is 2.12 bits per heavy atom. The molecule has 16 heavy (non-hydrogen) atoms. The maximum absolute atomic E-state index is 11.5. The number of hydrogen-bond acceptors (Lipinski definition) is 2. The molecule has 0 fully saturated rings. The van der Waals surface area contributed by atoms with Crippen LogP contribution in [0.15, 0.2) is 24.3 Å². The second-order valence-corrected chi connectivity index (χ2v) is 4.16. The van der Waals surface area contributed by atoms with Crippen molar-refractivity contribution in [3.63, 3.8) is 0 Å². The van der Waals surface area contributed by atoms with E-state index in [0.29, 0.717) is 13.0 Å². The summed E-state index contributed by atoms with van der Waals surface area (Å²) in [5, 5.41) is 3.99. The molecule has 0 saturated heterocycles. The topological polar surface area (TPSA) is 70.9 Å². The quantitative estimate of drug-likeness (QED) is 0.604. The monoisotopic (exact) mass is 215 g/mol. The molecule has 1 aromatic carbocycles. The first-order chi connectivity index (χ1) is 7.75. The van der Waals surface area contributed by atoms with E-state index in [1.54, 1.807) is 0 Å². The number of aromatic amines is 1. The Hall–Kier alpha value is -1.81. The SMILES string of the molecule is N[C@H]1Cc2c([nH]c3ccccc23)CNC1=O. The summed E-state index contributed by atoms with van der Waals surface area (Å²) >= 11 is 0. The number of nitrogens with two attached hydrogens (primary N) is 1. The van der Waals surface area contributed by atoms with Crippen molar-refractivity contribution in [1.29, 1.82) is 0 Å². The van der Waals surface area contributed by atoms with Gasteiger partial charge in [-0.3, -0.25) is 4.79 Å². The van der Waals surface area contributed by atoms with Crippen LogP contribution in [0.3, 0.4) is 0 Å². The number of carbonyl (C=O) groups is 1. The zero-order chi connectivity index (χ0) is 11.1. The third-order valence-electron chi connectivity index (χ3n) is 3.10. The second-order valence-electron chi connectivity index (χ2n) is 4.16. The van der Waals surface area contributed by atoms with E-state index in [4.69, 9.17) is 5.73 Å². The van der Waals surface area contributed by atoms with Crippen molar-refractivity contribution < 1.29 is 4.79 Å². The van der Waals surface area contributed by atoms with Crippen molar-refractivity contribution in [3.05, 3.63) is 35.5 Å². The zero-order valence-electron chi connectivity index (χ0n) is 8.79. The highest BCUT2D eigenvalue weighted by Crippen LogP contribution is 2.24. The van der Waals surface area contributed by atoms with E-state index in [1.807, 2.05) is 18.2 Å². The lowest BCUT2D eigenvalue weighted by molar-refractivity contribution is -0.122. The Morgan fingerprint density at radius 3 is 3.00 bits per heavy atom. The van der Waals surface area contributed by atoms with Crippen LogP contribution in [0.2, 0.25) is 0 Å². The summed E-state index contributed by atoms with van der Waals surface area (Å²) in [6.45, 7) is 0.538. The third kappa shape index (κ3) is 1.31. The van der Waals surface area contributed by atoms with Crippen LogP contribution in [0.5, 0.6) is 0 Å². The van der Waals surface area contributed by atoms with Crippen molar-refractivity contribution in [2.75, 3.05) is 0 Å². The predicted octanol–water partition coefficient (Wildman–Crippen LogP) is 0.668. The molecule has 0 unspecified atom stereocenters. The molecular weight excluding hydrogens is 202 g/mol. The van der Waals surface area contributed by atoms with Gasteiger partial charge in [0.05, 0.1) is 12.6 Å². The van der Waals surface area contributed by atoms with Gasteiger partial charge in [-0.05, 0) is 18.1 Å². The molecule has 0 saturated carbocycles. The van der Waals surface area contributed by atoms with Gasteiger partial charge in [0.2, 0.25) is 5.91 Å². The van der Waals surface area contributed by atoms with E-state index < -0.39 is 6.04 Å². The van der Waals surface area contributed by atoms with E-state index in [2.05, 4.69) is 16.4 Å². The summed E-state index contributed by atoms with van der Waals surface area (Å²) in [6, 6.07) is 7.66. The van der Waals surface area contributed by atoms with Gasteiger partial charge in [0.15, 0.2) is 0 Å². The largest absolute Gasteiger partial charge is 0.357 e. The van der Waals surface area contributed by atoms with Crippen LogP contribution in [0, 0.1) is 0 Å². The van der Waals surface area contributed by atoms with Crippen LogP contribution in [0.1, 0.15) is 11.3 Å². The Kier molecular flexibility index (Phi) is 1.97. The highest BCUT2D eigenvalue weighted by atomic mass is 16.2. The minimum Gasteiger partial charge on any atom is -0.357 e. The molecule has 0 aliphatic carbocycles. The maximum Gasteiger partial charge on any atom is 0.237 e. The molecule has 2 heterocycles. The lowest BCUT2D eigenvalue weighted by Crippen LogP contribution is -2.39. The molecule has 4 nitrogen and oxygen atoms in total. The van der Waals surface area contributed by atoms with Crippen molar-refractivity contribution in [3.8, 4) is 0 Å². The molecule has 4 heteroatoms. The fourth-order valence-electron chi connectivity index (χ4n) is 2.26. The molecule has 1 aliphatic heterocycles. The predicted molar refractivity (Wildman–Crippen MR) is 61.8 cm³/mol. The minimum absolute atomic E-state index is 0.0753. The zero-order valence-corrected chi connectivity index (χ0v) is 8.79. The average molecular weight is 215 g/mol. The summed E-state index contributed by atoms with van der Waals surface area (Å²) in [7, 11) is 0. The number of benzene rings is 1. The van der Waals surface area contributed by atoms with Crippen molar-refractivity contribution >= 4 is 16.8 Å². The van der Waals surface area contributed by atoms with Crippen LogP contribution < -0.4 is 11.1 Å². The molecule has 1 amide bonds. The summed E-state index contributed by atoms with van der Waals surface area (Å²) in [5.41, 5.74) is 9.16. The van der Waals surface area contributed by atoms with Crippen LogP contribution in [0.25, 0.3) is 10.9 Å². The summed E-state index contributed by atoms with van der Waals surface area (Å²) in [6.07, 6.45) is 0.602. The fourth-order valence-corrected chi connectivity index (χ4v) is 2.26. The number of hydrogen-bond donors (Lipinski definition) is 3. The molecule has 1 atom stereocenters. The van der Waals surface area contributed by atoms with Crippen LogP contribution in [-0.2, 0) is 17.8 Å². The first kappa shape index (κ1) is 9.42. The number of nitrogens with one attached hydrogen (secondary N) is 2. The number of aromatic nitrogens is 1. The van der Waals surface area contributed by atoms with Gasteiger partial charge in [0, 0.05) is 16.6 Å². The number of rotatable bonds is 0. The molecule has 3 rings (SSSR count). The van der Waals surface area contributed by atoms with E-state index in [0.717, 1.165) is 11.2 Å². The van der Waals surface area contributed by atoms with Crippen LogP contribution in [-0.4, -0.2) is 16.9 Å². The number of H-pyrrole nitrogens is 1. The van der Waals surface area contributed by atoms with Crippen LogP contribution in [0.4, 0.5) is 0 Å². The Bertz CT molecular complexity index is 558. The van der Waals surface area contributed by atoms with E-state index in [-0.39, 0.29) is 5.91 Å². The second kappa shape index (κ2) is 3.35. The Balaban J connectivity index is 2.18. The molecule has 1 aliphatic rings. The smallest absolute Gasteiger partial charge is 0.237 e. The maximum atomic E-state index is 11.5. The molecule has 2 aromatic rings. The molecule has 1 aromatic heterocycles. The molecule has 82 valence electrons. The third-order valence-corrected chi connectivity index (χ3v) is 3.10. The average Bonchev–Trinajstić information content (AvgIpc) is 2.58. The highest BCUT2D eigenvalue weighted by Gasteiger charge is 2.22. The standard InChI is InChI=1S/C12H13N3O/c13-9-5-8-7-3-1-2-4-10(7)15-11(8)6-14-12(9)16/h1-4,9,15H,5-6,13H2,(H,14,16)/t9-/m0/s1. The normalized spacial score (nSPS) is 20.3. The molecule has 0 bridgehead atoms. The van der Waals surface area contributed by atoms with E-state index >= 15 is 0 Å². The van der Waals surface area contributed by atoms with Crippen LogP contribution >= 0.6 is 0 Å². The lowest BCUT2D eigenvalue weighted by atomic mass is 10.0. The highest BCUT2D eigenvalue weighted by molar-refractivity contribution is 5.88. The fraction of sp³-hybridized carbons (Fsp3) is 0.250. The number of carbonyl (C=O) groups excluding carboxylic acids is 1. The Labute approximate surface area is 92.8 Å². The number of para-hydroxylation sites is 1. The van der Waals surface area contributed by atoms with Gasteiger partial charge >= 0.3 is 0 Å². The van der Waals surface area contributed by atoms with E-state index in [1.165, 1.54) is 10.9 Å². The van der Waals surface area contributed by atoms with E-state index in [9.17, 15) is 4.79 Å². The minimum atomic E-state index is -0.444. The first-order valence-corrected chi connectivity index (χ1v) is 5.37. The molecule has 4 N–H and O–H groups in total. The summed E-state index contributed by atoms with van der Waals surface area (Å²) in [4.78, 5) is 14.8. The molecular formula is C12H13N3O. The van der Waals surface area contributed by atoms with Crippen molar-refractivity contribution in [2.45, 2.75) is 19.0 Å². The summed E-state index contributed by atoms with van der Waals surface area (Å²) < 4.78 is 0. The van der Waals surface area contributed by atoms with Gasteiger partial charge in [-0.15, -0.1) is 0 Å². The summed E-state index contributed by atoms with van der Waals surface area (Å²) in [5.74, 6) is -0.0753. The lowest BCUT2D eigenvalue weighted by Gasteiger charge is -2.06. The molecule has 0 spiro atoms. The first-order valence-electron chi connectivity index (χ1n) is 5.37. The van der Waals surface area contributed by atoms with Gasteiger partial charge in [-0.25, -0.2) is 0 Å². The number of amides is 1. The van der Waals surface area contributed by atoms with Crippen molar-refractivity contribution in [2.24, 2.45) is 5.73 Å². The van der Waals surface area contributed by atoms with Gasteiger partial charge in [-0.2, -0.15) is 0 Å².